The van der Waals surface area contributed by atoms with Crippen LogP contribution in [0.2, 0.25) is 0 Å². The lowest BCUT2D eigenvalue weighted by atomic mass is 10.1. The van der Waals surface area contributed by atoms with Crippen LogP contribution in [0.3, 0.4) is 0 Å². The van der Waals surface area contributed by atoms with Crippen molar-refractivity contribution in [2.75, 3.05) is 12.4 Å². The lowest BCUT2D eigenvalue weighted by Crippen LogP contribution is -2.10. The van der Waals surface area contributed by atoms with Crippen molar-refractivity contribution in [1.82, 2.24) is 9.55 Å². The van der Waals surface area contributed by atoms with Crippen LogP contribution in [0, 0.1) is 6.92 Å². The van der Waals surface area contributed by atoms with Gasteiger partial charge in [0.25, 0.3) is 0 Å². The summed E-state index contributed by atoms with van der Waals surface area (Å²) in [5.41, 5.74) is 3.66. The first-order valence-corrected chi connectivity index (χ1v) is 6.96. The first kappa shape index (κ1) is 15.1. The molecule has 0 aliphatic carbocycles. The van der Waals surface area contributed by atoms with Crippen LogP contribution in [0.5, 0.6) is 0 Å². The van der Waals surface area contributed by atoms with Gasteiger partial charge in [-0.15, -0.1) is 0 Å². The number of hydrogen-bond donors (Lipinski definition) is 1. The highest BCUT2D eigenvalue weighted by Crippen LogP contribution is 2.19. The predicted molar refractivity (Wildman–Crippen MR) is 82.5 cm³/mol. The lowest BCUT2D eigenvalue weighted by molar-refractivity contribution is 0.0601. The highest BCUT2D eigenvalue weighted by molar-refractivity contribution is 5.90. The number of aryl methyl sites for hydroxylation is 1. The van der Waals surface area contributed by atoms with Gasteiger partial charge in [-0.1, -0.05) is 6.07 Å². The average molecular weight is 287 g/mol. The Labute approximate surface area is 125 Å². The third-order valence-corrected chi connectivity index (χ3v) is 3.42. The van der Waals surface area contributed by atoms with E-state index < -0.39 is 0 Å². The van der Waals surface area contributed by atoms with Crippen molar-refractivity contribution in [1.29, 1.82) is 0 Å². The number of carbonyl (C=O) groups is 1. The summed E-state index contributed by atoms with van der Waals surface area (Å²) in [5.74, 6) is -0.328. The van der Waals surface area contributed by atoms with Gasteiger partial charge >= 0.3 is 5.97 Å². The molecule has 0 spiro atoms. The number of rotatable bonds is 5. The molecule has 0 aliphatic heterocycles. The minimum Gasteiger partial charge on any atom is -0.465 e. The molecule has 2 aromatic rings. The summed E-state index contributed by atoms with van der Waals surface area (Å²) < 4.78 is 6.87. The van der Waals surface area contributed by atoms with Crippen molar-refractivity contribution in [3.8, 4) is 0 Å². The Kier molecular flexibility index (Phi) is 4.62. The summed E-state index contributed by atoms with van der Waals surface area (Å²) in [6, 6.07) is 5.86. The number of nitrogens with one attached hydrogen (secondary N) is 1. The van der Waals surface area contributed by atoms with Gasteiger partial charge in [0.2, 0.25) is 0 Å². The number of aromatic nitrogens is 2. The van der Waals surface area contributed by atoms with E-state index in [9.17, 15) is 4.79 Å². The maximum atomic E-state index is 11.6. The molecule has 5 heteroatoms. The van der Waals surface area contributed by atoms with Crippen molar-refractivity contribution in [3.05, 3.63) is 47.5 Å². The summed E-state index contributed by atoms with van der Waals surface area (Å²) in [5, 5.41) is 3.36. The Morgan fingerprint density at radius 2 is 2.19 bits per heavy atom. The minimum absolute atomic E-state index is 0.328. The molecule has 5 nitrogen and oxygen atoms in total. The van der Waals surface area contributed by atoms with E-state index in [1.165, 1.54) is 7.11 Å². The van der Waals surface area contributed by atoms with Gasteiger partial charge in [0.05, 0.1) is 31.2 Å². The zero-order chi connectivity index (χ0) is 15.4. The first-order chi connectivity index (χ1) is 10.0. The second-order valence-electron chi connectivity index (χ2n) is 5.26. The SMILES string of the molecule is COC(=O)c1ccc(C)c(NCc2cncn2C(C)C)c1. The van der Waals surface area contributed by atoms with Crippen molar-refractivity contribution >= 4 is 11.7 Å². The zero-order valence-corrected chi connectivity index (χ0v) is 12.9. The number of imidazole rings is 1. The predicted octanol–water partition coefficient (Wildman–Crippen LogP) is 3.17. The van der Waals surface area contributed by atoms with Gasteiger partial charge in [-0.2, -0.15) is 0 Å². The average Bonchev–Trinajstić information content (AvgIpc) is 2.94. The monoisotopic (exact) mass is 287 g/mol. The van der Waals surface area contributed by atoms with Gasteiger partial charge in [0.15, 0.2) is 0 Å². The molecular weight excluding hydrogens is 266 g/mol. The van der Waals surface area contributed by atoms with Crippen LogP contribution in [-0.4, -0.2) is 22.6 Å². The number of benzene rings is 1. The third kappa shape index (κ3) is 3.42. The van der Waals surface area contributed by atoms with E-state index in [4.69, 9.17) is 4.74 Å². The van der Waals surface area contributed by atoms with Gasteiger partial charge in [-0.05, 0) is 38.5 Å². The summed E-state index contributed by atoms with van der Waals surface area (Å²) in [6.07, 6.45) is 3.69. The Morgan fingerprint density at radius 1 is 1.43 bits per heavy atom. The van der Waals surface area contributed by atoms with E-state index in [1.807, 2.05) is 31.6 Å². The molecule has 0 atom stereocenters. The molecule has 0 amide bonds. The summed E-state index contributed by atoms with van der Waals surface area (Å²) in [7, 11) is 1.39. The molecule has 0 saturated heterocycles. The van der Waals surface area contributed by atoms with Crippen molar-refractivity contribution < 1.29 is 9.53 Å². The largest absolute Gasteiger partial charge is 0.465 e. The molecule has 0 unspecified atom stereocenters. The molecule has 1 heterocycles. The van der Waals surface area contributed by atoms with E-state index in [1.54, 1.807) is 6.07 Å². The normalized spacial score (nSPS) is 10.7. The Morgan fingerprint density at radius 3 is 2.86 bits per heavy atom. The fraction of sp³-hybridized carbons (Fsp3) is 0.375. The van der Waals surface area contributed by atoms with Gasteiger partial charge < -0.3 is 14.6 Å². The maximum Gasteiger partial charge on any atom is 0.337 e. The summed E-state index contributed by atoms with van der Waals surface area (Å²) in [4.78, 5) is 15.8. The number of ether oxygens (including phenoxy) is 1. The number of carbonyl (C=O) groups excluding carboxylic acids is 1. The molecule has 0 aliphatic rings. The molecule has 2 rings (SSSR count). The second-order valence-corrected chi connectivity index (χ2v) is 5.26. The zero-order valence-electron chi connectivity index (χ0n) is 12.9. The van der Waals surface area contributed by atoms with Crippen LogP contribution in [-0.2, 0) is 11.3 Å². The van der Waals surface area contributed by atoms with Crippen molar-refractivity contribution in [3.63, 3.8) is 0 Å². The van der Waals surface area contributed by atoms with Crippen LogP contribution in [0.4, 0.5) is 5.69 Å². The fourth-order valence-corrected chi connectivity index (χ4v) is 2.18. The van der Waals surface area contributed by atoms with Gasteiger partial charge in [-0.3, -0.25) is 0 Å². The van der Waals surface area contributed by atoms with E-state index in [0.717, 1.165) is 16.9 Å². The second kappa shape index (κ2) is 6.43. The Hall–Kier alpha value is -2.30. The minimum atomic E-state index is -0.328. The van der Waals surface area contributed by atoms with Crippen LogP contribution in [0.15, 0.2) is 30.7 Å². The molecule has 0 radical (unpaired) electrons. The van der Waals surface area contributed by atoms with Crippen molar-refractivity contribution in [2.45, 2.75) is 33.4 Å². The molecular formula is C16H21N3O2. The van der Waals surface area contributed by atoms with Crippen LogP contribution in [0.25, 0.3) is 0 Å². The smallest absolute Gasteiger partial charge is 0.337 e. The quantitative estimate of drug-likeness (QED) is 0.858. The van der Waals surface area contributed by atoms with Crippen molar-refractivity contribution in [2.24, 2.45) is 0 Å². The highest BCUT2D eigenvalue weighted by atomic mass is 16.5. The third-order valence-electron chi connectivity index (χ3n) is 3.42. The number of methoxy groups -OCH3 is 1. The molecule has 0 saturated carbocycles. The Bertz CT molecular complexity index is 632. The number of hydrogen-bond acceptors (Lipinski definition) is 4. The van der Waals surface area contributed by atoms with E-state index in [-0.39, 0.29) is 5.97 Å². The van der Waals surface area contributed by atoms with Crippen LogP contribution >= 0.6 is 0 Å². The van der Waals surface area contributed by atoms with Crippen LogP contribution in [0.1, 0.15) is 41.5 Å². The molecule has 21 heavy (non-hydrogen) atoms. The maximum absolute atomic E-state index is 11.6. The number of esters is 1. The molecule has 1 N–H and O–H groups in total. The first-order valence-electron chi connectivity index (χ1n) is 6.96. The fourth-order valence-electron chi connectivity index (χ4n) is 2.18. The van der Waals surface area contributed by atoms with Gasteiger partial charge in [0.1, 0.15) is 0 Å². The topological polar surface area (TPSA) is 56.1 Å². The highest BCUT2D eigenvalue weighted by Gasteiger charge is 2.09. The molecule has 112 valence electrons. The summed E-state index contributed by atoms with van der Waals surface area (Å²) >= 11 is 0. The summed E-state index contributed by atoms with van der Waals surface area (Å²) in [6.45, 7) is 6.90. The lowest BCUT2D eigenvalue weighted by Gasteiger charge is -2.14. The van der Waals surface area contributed by atoms with Gasteiger partial charge in [-0.25, -0.2) is 9.78 Å². The number of anilines is 1. The molecule has 1 aromatic carbocycles. The van der Waals surface area contributed by atoms with Gasteiger partial charge in [0, 0.05) is 17.9 Å². The number of nitrogens with zero attached hydrogens (tertiary/aromatic N) is 2. The van der Waals surface area contributed by atoms with E-state index in [0.29, 0.717) is 18.2 Å². The standard InChI is InChI=1S/C16H21N3O2/c1-11(2)19-10-17-8-14(19)9-18-15-7-13(16(20)21-4)6-5-12(15)3/h5-8,10-11,18H,9H2,1-4H3. The van der Waals surface area contributed by atoms with E-state index in [2.05, 4.69) is 28.7 Å². The molecule has 0 bridgehead atoms. The molecule has 1 aromatic heterocycles. The Balaban J connectivity index is 2.16. The van der Waals surface area contributed by atoms with Crippen LogP contribution < -0.4 is 5.32 Å². The molecule has 0 fully saturated rings. The van der Waals surface area contributed by atoms with E-state index >= 15 is 0 Å².